The molecule has 2 rings (SSSR count). The Morgan fingerprint density at radius 3 is 2.50 bits per heavy atom. The summed E-state index contributed by atoms with van der Waals surface area (Å²) in [7, 11) is 0. The van der Waals surface area contributed by atoms with Gasteiger partial charge in [0.15, 0.2) is 6.10 Å². The summed E-state index contributed by atoms with van der Waals surface area (Å²) in [4.78, 5) is 24.1. The normalized spacial score (nSPS) is 11.5. The number of amides is 2. The molecule has 0 saturated carbocycles. The number of hydrogen-bond donors (Lipinski definition) is 2. The molecule has 0 aliphatic heterocycles. The van der Waals surface area contributed by atoms with E-state index >= 15 is 0 Å². The van der Waals surface area contributed by atoms with Crippen LogP contribution in [0.25, 0.3) is 0 Å². The third-order valence-electron chi connectivity index (χ3n) is 2.98. The molecule has 126 valence electrons. The number of hydrogen-bond acceptors (Lipinski definition) is 3. The van der Waals surface area contributed by atoms with Crippen molar-refractivity contribution >= 4 is 57.6 Å². The van der Waals surface area contributed by atoms with Crippen LogP contribution < -0.4 is 15.6 Å². The Bertz CT molecular complexity index is 771. The van der Waals surface area contributed by atoms with E-state index in [0.29, 0.717) is 21.4 Å². The molecule has 0 heterocycles. The van der Waals surface area contributed by atoms with Gasteiger partial charge < -0.3 is 4.74 Å². The van der Waals surface area contributed by atoms with Crippen molar-refractivity contribution in [2.45, 2.75) is 13.0 Å². The Morgan fingerprint density at radius 2 is 1.83 bits per heavy atom. The highest BCUT2D eigenvalue weighted by Crippen LogP contribution is 2.28. The minimum absolute atomic E-state index is 0.296. The Labute approximate surface area is 162 Å². The van der Waals surface area contributed by atoms with Gasteiger partial charge in [-0.15, -0.1) is 0 Å². The van der Waals surface area contributed by atoms with E-state index in [9.17, 15) is 9.59 Å². The second-order valence-corrected chi connectivity index (χ2v) is 6.76. The zero-order valence-electron chi connectivity index (χ0n) is 12.5. The van der Waals surface area contributed by atoms with Crippen molar-refractivity contribution in [3.63, 3.8) is 0 Å². The quantitative estimate of drug-likeness (QED) is 0.518. The molecule has 0 aliphatic carbocycles. The molecule has 0 aliphatic rings. The lowest BCUT2D eigenvalue weighted by atomic mass is 10.2. The highest BCUT2D eigenvalue weighted by Gasteiger charge is 2.18. The third kappa shape index (κ3) is 4.99. The van der Waals surface area contributed by atoms with Gasteiger partial charge in [-0.1, -0.05) is 35.3 Å². The molecular formula is C16H13Cl2IN2O3. The lowest BCUT2D eigenvalue weighted by Gasteiger charge is -2.16. The van der Waals surface area contributed by atoms with E-state index in [2.05, 4.69) is 10.9 Å². The fraction of sp³-hybridized carbons (Fsp3) is 0.125. The number of benzene rings is 2. The van der Waals surface area contributed by atoms with Crippen LogP contribution in [0.2, 0.25) is 10.0 Å². The second kappa shape index (κ2) is 8.55. The van der Waals surface area contributed by atoms with E-state index in [1.807, 2.05) is 28.7 Å². The molecule has 2 aromatic carbocycles. The molecule has 5 nitrogen and oxygen atoms in total. The van der Waals surface area contributed by atoms with Crippen LogP contribution in [0, 0.1) is 3.57 Å². The Kier molecular flexibility index (Phi) is 6.70. The Hall–Kier alpha value is -1.51. The maximum atomic E-state index is 12.0. The standard InChI is InChI=1S/C16H13Cl2IN2O3/c1-9(24-14-7-6-10(17)8-12(14)18)15(22)20-21-16(23)11-4-2-3-5-13(11)19/h2-9H,1H3,(H,20,22)(H,21,23)/t9-/m0/s1. The van der Waals surface area contributed by atoms with Crippen molar-refractivity contribution in [1.29, 1.82) is 0 Å². The van der Waals surface area contributed by atoms with E-state index in [1.165, 1.54) is 6.07 Å². The van der Waals surface area contributed by atoms with Crippen molar-refractivity contribution in [2.24, 2.45) is 0 Å². The number of ether oxygens (including phenoxy) is 1. The molecule has 2 amide bonds. The fourth-order valence-corrected chi connectivity index (χ4v) is 2.83. The Balaban J connectivity index is 1.92. The predicted molar refractivity (Wildman–Crippen MR) is 101 cm³/mol. The minimum atomic E-state index is -0.862. The summed E-state index contributed by atoms with van der Waals surface area (Å²) in [5.41, 5.74) is 5.14. The lowest BCUT2D eigenvalue weighted by molar-refractivity contribution is -0.128. The second-order valence-electron chi connectivity index (χ2n) is 4.76. The zero-order valence-corrected chi connectivity index (χ0v) is 16.1. The smallest absolute Gasteiger partial charge is 0.279 e. The summed E-state index contributed by atoms with van der Waals surface area (Å²) >= 11 is 13.8. The molecule has 0 fully saturated rings. The molecule has 0 spiro atoms. The number of nitrogens with one attached hydrogen (secondary N) is 2. The molecule has 1 atom stereocenters. The van der Waals surface area contributed by atoms with Crippen molar-refractivity contribution in [2.75, 3.05) is 0 Å². The van der Waals surface area contributed by atoms with E-state index < -0.39 is 17.9 Å². The molecule has 0 bridgehead atoms. The lowest BCUT2D eigenvalue weighted by Crippen LogP contribution is -2.47. The first kappa shape index (κ1) is 18.8. The van der Waals surface area contributed by atoms with Crippen molar-refractivity contribution < 1.29 is 14.3 Å². The van der Waals surface area contributed by atoms with Crippen LogP contribution in [0.5, 0.6) is 5.75 Å². The molecule has 2 N–H and O–H groups in total. The number of halogens is 3. The highest BCUT2D eigenvalue weighted by atomic mass is 127. The first-order valence-corrected chi connectivity index (χ1v) is 8.68. The van der Waals surface area contributed by atoms with Gasteiger partial charge in [-0.3, -0.25) is 20.4 Å². The van der Waals surface area contributed by atoms with Crippen molar-refractivity contribution in [1.82, 2.24) is 10.9 Å². The largest absolute Gasteiger partial charge is 0.479 e. The van der Waals surface area contributed by atoms with Gasteiger partial charge in [0, 0.05) is 8.59 Å². The van der Waals surface area contributed by atoms with E-state index in [-0.39, 0.29) is 0 Å². The molecular weight excluding hydrogens is 466 g/mol. The van der Waals surface area contributed by atoms with Crippen LogP contribution in [0.1, 0.15) is 17.3 Å². The summed E-state index contributed by atoms with van der Waals surface area (Å²) in [5.74, 6) is -0.599. The molecule has 8 heteroatoms. The summed E-state index contributed by atoms with van der Waals surface area (Å²) in [6.07, 6.45) is -0.862. The van der Waals surface area contributed by atoms with E-state index in [1.54, 1.807) is 37.3 Å². The molecule has 2 aromatic rings. The number of hydrazine groups is 1. The summed E-state index contributed by atoms with van der Waals surface area (Å²) in [5, 5.41) is 0.763. The van der Waals surface area contributed by atoms with Gasteiger partial charge in [0.25, 0.3) is 11.8 Å². The van der Waals surface area contributed by atoms with Crippen molar-refractivity contribution in [3.05, 3.63) is 61.6 Å². The summed E-state index contributed by atoms with van der Waals surface area (Å²) < 4.78 is 6.25. The predicted octanol–water partition coefficient (Wildman–Crippen LogP) is 3.83. The highest BCUT2D eigenvalue weighted by molar-refractivity contribution is 14.1. The van der Waals surface area contributed by atoms with E-state index in [4.69, 9.17) is 27.9 Å². The van der Waals surface area contributed by atoms with Crippen LogP contribution in [-0.2, 0) is 4.79 Å². The third-order valence-corrected chi connectivity index (χ3v) is 4.46. The molecule has 0 aromatic heterocycles. The molecule has 0 radical (unpaired) electrons. The summed E-state index contributed by atoms with van der Waals surface area (Å²) in [6, 6.07) is 11.7. The van der Waals surface area contributed by atoms with Crippen molar-refractivity contribution in [3.8, 4) is 5.75 Å². The van der Waals surface area contributed by atoms with Gasteiger partial charge in [-0.2, -0.15) is 0 Å². The monoisotopic (exact) mass is 478 g/mol. The van der Waals surface area contributed by atoms with Gasteiger partial charge in [0.2, 0.25) is 0 Å². The first-order chi connectivity index (χ1) is 11.4. The molecule has 0 saturated heterocycles. The molecule has 0 unspecified atom stereocenters. The van der Waals surface area contributed by atoms with Gasteiger partial charge in [0.1, 0.15) is 5.75 Å². The maximum Gasteiger partial charge on any atom is 0.279 e. The summed E-state index contributed by atoms with van der Waals surface area (Å²) in [6.45, 7) is 1.54. The van der Waals surface area contributed by atoms with Crippen LogP contribution >= 0.6 is 45.8 Å². The Morgan fingerprint density at radius 1 is 1.12 bits per heavy atom. The van der Waals surface area contributed by atoms with Crippen LogP contribution in [0.4, 0.5) is 0 Å². The zero-order chi connectivity index (χ0) is 17.7. The van der Waals surface area contributed by atoms with Crippen LogP contribution in [-0.4, -0.2) is 17.9 Å². The fourth-order valence-electron chi connectivity index (χ4n) is 1.75. The first-order valence-electron chi connectivity index (χ1n) is 6.85. The van der Waals surface area contributed by atoms with E-state index in [0.717, 1.165) is 3.57 Å². The average molecular weight is 479 g/mol. The van der Waals surface area contributed by atoms with Gasteiger partial charge >= 0.3 is 0 Å². The minimum Gasteiger partial charge on any atom is -0.479 e. The number of carbonyl (C=O) groups excluding carboxylic acids is 2. The molecule has 24 heavy (non-hydrogen) atoms. The number of rotatable bonds is 4. The van der Waals surface area contributed by atoms with Crippen LogP contribution in [0.15, 0.2) is 42.5 Å². The number of carbonyl (C=O) groups is 2. The topological polar surface area (TPSA) is 67.4 Å². The van der Waals surface area contributed by atoms with Crippen LogP contribution in [0.3, 0.4) is 0 Å². The average Bonchev–Trinajstić information content (AvgIpc) is 2.55. The SMILES string of the molecule is C[C@H](Oc1ccc(Cl)cc1Cl)C(=O)NNC(=O)c1ccccc1I. The maximum absolute atomic E-state index is 12.0. The van der Waals surface area contributed by atoms with Gasteiger partial charge in [-0.25, -0.2) is 0 Å². The van der Waals surface area contributed by atoms with Gasteiger partial charge in [-0.05, 0) is 59.8 Å². The van der Waals surface area contributed by atoms with Gasteiger partial charge in [0.05, 0.1) is 10.6 Å².